The lowest BCUT2D eigenvalue weighted by atomic mass is 10.2. The maximum absolute atomic E-state index is 13.3. The van der Waals surface area contributed by atoms with Crippen LogP contribution in [0.4, 0.5) is 10.1 Å². The number of hydrogen-bond acceptors (Lipinski definition) is 1. The number of carbonyl (C=O) groups is 1. The van der Waals surface area contributed by atoms with E-state index >= 15 is 0 Å². The molecular formula is C11H10FNO. The number of para-hydroxylation sites is 1. The molecule has 0 N–H and O–H groups in total. The highest BCUT2D eigenvalue weighted by atomic mass is 19.1. The van der Waals surface area contributed by atoms with Gasteiger partial charge in [-0.25, -0.2) is 4.39 Å². The molecule has 0 aliphatic carbocycles. The first-order valence-electron chi connectivity index (χ1n) is 4.44. The quantitative estimate of drug-likeness (QED) is 0.622. The van der Waals surface area contributed by atoms with Gasteiger partial charge in [-0.3, -0.25) is 4.79 Å². The smallest absolute Gasteiger partial charge is 0.253 e. The third-order valence-corrected chi connectivity index (χ3v) is 2.33. The van der Waals surface area contributed by atoms with Gasteiger partial charge in [0.1, 0.15) is 5.82 Å². The molecule has 0 bridgehead atoms. The number of amides is 1. The molecule has 0 saturated carbocycles. The minimum atomic E-state index is -0.365. The average molecular weight is 191 g/mol. The zero-order valence-corrected chi connectivity index (χ0v) is 7.66. The minimum absolute atomic E-state index is 0.171. The summed E-state index contributed by atoms with van der Waals surface area (Å²) in [5, 5.41) is 0. The Morgan fingerprint density at radius 2 is 2.07 bits per heavy atom. The van der Waals surface area contributed by atoms with Crippen molar-refractivity contribution in [3.63, 3.8) is 0 Å². The summed E-state index contributed by atoms with van der Waals surface area (Å²) in [6.07, 6.45) is 0.618. The fraction of sp³-hybridized carbons (Fsp3) is 0.182. The SMILES string of the molecule is C=C1CCN(c2ccccc2F)C1=O. The molecule has 1 saturated heterocycles. The van der Waals surface area contributed by atoms with Crippen LogP contribution in [0.25, 0.3) is 0 Å². The zero-order valence-electron chi connectivity index (χ0n) is 7.66. The first-order valence-corrected chi connectivity index (χ1v) is 4.44. The van der Waals surface area contributed by atoms with Crippen LogP contribution in [-0.4, -0.2) is 12.5 Å². The predicted molar refractivity (Wildman–Crippen MR) is 52.5 cm³/mol. The van der Waals surface area contributed by atoms with Crippen molar-refractivity contribution in [1.29, 1.82) is 0 Å². The fourth-order valence-electron chi connectivity index (χ4n) is 1.55. The van der Waals surface area contributed by atoms with E-state index in [0.717, 1.165) is 0 Å². The summed E-state index contributed by atoms with van der Waals surface area (Å²) in [5.74, 6) is -0.536. The van der Waals surface area contributed by atoms with Gasteiger partial charge in [-0.15, -0.1) is 0 Å². The molecule has 1 aromatic rings. The number of hydrogen-bond donors (Lipinski definition) is 0. The van der Waals surface area contributed by atoms with E-state index in [4.69, 9.17) is 0 Å². The van der Waals surface area contributed by atoms with Crippen molar-refractivity contribution in [2.75, 3.05) is 11.4 Å². The second-order valence-electron chi connectivity index (χ2n) is 3.26. The molecule has 3 heteroatoms. The lowest BCUT2D eigenvalue weighted by molar-refractivity contribution is -0.114. The maximum Gasteiger partial charge on any atom is 0.253 e. The van der Waals surface area contributed by atoms with Crippen molar-refractivity contribution >= 4 is 11.6 Å². The van der Waals surface area contributed by atoms with Crippen molar-refractivity contribution in [2.45, 2.75) is 6.42 Å². The van der Waals surface area contributed by atoms with Gasteiger partial charge in [0.15, 0.2) is 0 Å². The van der Waals surface area contributed by atoms with Crippen LogP contribution >= 0.6 is 0 Å². The second-order valence-corrected chi connectivity index (χ2v) is 3.26. The summed E-state index contributed by atoms with van der Waals surface area (Å²) in [6, 6.07) is 6.27. The van der Waals surface area contributed by atoms with Gasteiger partial charge < -0.3 is 4.90 Å². The molecule has 0 aromatic heterocycles. The Labute approximate surface area is 81.6 Å². The number of nitrogens with zero attached hydrogens (tertiary/aromatic N) is 1. The van der Waals surface area contributed by atoms with Crippen LogP contribution in [0, 0.1) is 5.82 Å². The van der Waals surface area contributed by atoms with Crippen LogP contribution in [0.1, 0.15) is 6.42 Å². The second kappa shape index (κ2) is 3.25. The van der Waals surface area contributed by atoms with Gasteiger partial charge in [-0.1, -0.05) is 18.7 Å². The molecule has 2 rings (SSSR count). The average Bonchev–Trinajstić information content (AvgIpc) is 2.49. The van der Waals surface area contributed by atoms with E-state index in [-0.39, 0.29) is 11.7 Å². The molecule has 1 aromatic carbocycles. The van der Waals surface area contributed by atoms with E-state index in [9.17, 15) is 9.18 Å². The molecule has 0 atom stereocenters. The van der Waals surface area contributed by atoms with Crippen molar-refractivity contribution < 1.29 is 9.18 Å². The molecule has 1 aliphatic rings. The van der Waals surface area contributed by atoms with Crippen molar-refractivity contribution in [2.24, 2.45) is 0 Å². The summed E-state index contributed by atoms with van der Waals surface area (Å²) in [4.78, 5) is 12.9. The van der Waals surface area contributed by atoms with Crippen LogP contribution in [-0.2, 0) is 4.79 Å². The molecular weight excluding hydrogens is 181 g/mol. The molecule has 72 valence electrons. The van der Waals surface area contributed by atoms with Gasteiger partial charge in [0.25, 0.3) is 5.91 Å². The maximum atomic E-state index is 13.3. The Morgan fingerprint density at radius 1 is 1.36 bits per heavy atom. The van der Waals surface area contributed by atoms with Gasteiger partial charge in [0.05, 0.1) is 5.69 Å². The molecule has 0 spiro atoms. The Bertz CT molecular complexity index is 400. The van der Waals surface area contributed by atoms with E-state index in [1.54, 1.807) is 18.2 Å². The lowest BCUT2D eigenvalue weighted by Crippen LogP contribution is -2.25. The first-order chi connectivity index (χ1) is 6.70. The highest BCUT2D eigenvalue weighted by Gasteiger charge is 2.26. The normalized spacial score (nSPS) is 16.5. The van der Waals surface area contributed by atoms with Crippen molar-refractivity contribution in [3.8, 4) is 0 Å². The van der Waals surface area contributed by atoms with Crippen LogP contribution in [0.5, 0.6) is 0 Å². The molecule has 14 heavy (non-hydrogen) atoms. The number of rotatable bonds is 1. The largest absolute Gasteiger partial charge is 0.306 e. The monoisotopic (exact) mass is 191 g/mol. The molecule has 1 amide bonds. The Kier molecular flexibility index (Phi) is 2.08. The van der Waals surface area contributed by atoms with Gasteiger partial charge in [0.2, 0.25) is 0 Å². The number of halogens is 1. The van der Waals surface area contributed by atoms with E-state index in [1.165, 1.54) is 11.0 Å². The third kappa shape index (κ3) is 1.31. The zero-order chi connectivity index (χ0) is 10.1. The van der Waals surface area contributed by atoms with Crippen LogP contribution in [0.2, 0.25) is 0 Å². The van der Waals surface area contributed by atoms with E-state index in [2.05, 4.69) is 6.58 Å². The molecule has 2 nitrogen and oxygen atoms in total. The lowest BCUT2D eigenvalue weighted by Gasteiger charge is -2.15. The molecule has 1 fully saturated rings. The molecule has 1 aliphatic heterocycles. The Balaban J connectivity index is 2.37. The summed E-state index contributed by atoms with van der Waals surface area (Å²) in [6.45, 7) is 4.15. The fourth-order valence-corrected chi connectivity index (χ4v) is 1.55. The van der Waals surface area contributed by atoms with Crippen LogP contribution < -0.4 is 4.90 Å². The van der Waals surface area contributed by atoms with E-state index < -0.39 is 0 Å². The number of carbonyl (C=O) groups excluding carboxylic acids is 1. The van der Waals surface area contributed by atoms with Crippen molar-refractivity contribution in [1.82, 2.24) is 0 Å². The molecule has 1 heterocycles. The van der Waals surface area contributed by atoms with Crippen LogP contribution in [0.3, 0.4) is 0 Å². The third-order valence-electron chi connectivity index (χ3n) is 2.33. The Morgan fingerprint density at radius 3 is 2.64 bits per heavy atom. The summed E-state index contributed by atoms with van der Waals surface area (Å²) in [5.41, 5.74) is 0.893. The summed E-state index contributed by atoms with van der Waals surface area (Å²) >= 11 is 0. The van der Waals surface area contributed by atoms with E-state index in [0.29, 0.717) is 24.2 Å². The van der Waals surface area contributed by atoms with Gasteiger partial charge >= 0.3 is 0 Å². The predicted octanol–water partition coefficient (Wildman–Crippen LogP) is 2.12. The van der Waals surface area contributed by atoms with Gasteiger partial charge in [0, 0.05) is 12.1 Å². The topological polar surface area (TPSA) is 20.3 Å². The van der Waals surface area contributed by atoms with Crippen molar-refractivity contribution in [3.05, 3.63) is 42.2 Å². The van der Waals surface area contributed by atoms with Crippen LogP contribution in [0.15, 0.2) is 36.4 Å². The minimum Gasteiger partial charge on any atom is -0.306 e. The van der Waals surface area contributed by atoms with Gasteiger partial charge in [-0.05, 0) is 18.6 Å². The highest BCUT2D eigenvalue weighted by molar-refractivity contribution is 6.07. The summed E-state index contributed by atoms with van der Waals surface area (Å²) < 4.78 is 13.3. The first kappa shape index (κ1) is 8.94. The highest BCUT2D eigenvalue weighted by Crippen LogP contribution is 2.25. The van der Waals surface area contributed by atoms with E-state index in [1.807, 2.05) is 0 Å². The summed E-state index contributed by atoms with van der Waals surface area (Å²) in [7, 11) is 0. The number of anilines is 1. The number of benzene rings is 1. The molecule has 0 radical (unpaired) electrons. The molecule has 0 unspecified atom stereocenters. The Hall–Kier alpha value is -1.64. The van der Waals surface area contributed by atoms with Gasteiger partial charge in [-0.2, -0.15) is 0 Å². The standard InChI is InChI=1S/C11H10FNO/c1-8-6-7-13(11(8)14)10-5-3-2-4-9(10)12/h2-5H,1,6-7H2.